The lowest BCUT2D eigenvalue weighted by atomic mass is 10.3. The summed E-state index contributed by atoms with van der Waals surface area (Å²) in [5.74, 6) is -0.975. The molecule has 14 nitrogen and oxygen atoms in total. The molecular formula is C15H12FN5O9S3. The molecule has 3 rings (SSSR count). The molecule has 2 aromatic carbocycles. The molecule has 18 heteroatoms. The van der Waals surface area contributed by atoms with Crippen molar-refractivity contribution >= 4 is 53.6 Å². The molecule has 1 heterocycles. The summed E-state index contributed by atoms with van der Waals surface area (Å²) >= 11 is 0. The second-order valence-corrected chi connectivity index (χ2v) is 10.3. The van der Waals surface area contributed by atoms with Crippen molar-refractivity contribution in [1.29, 1.82) is 0 Å². The quantitative estimate of drug-likeness (QED) is 0.276. The fraction of sp³-hybridized carbons (Fsp3) is 0. The van der Waals surface area contributed by atoms with Crippen LogP contribution in [0.4, 0.5) is 27.7 Å². The Hall–Kier alpha value is -3.29. The zero-order valence-corrected chi connectivity index (χ0v) is 18.2. The van der Waals surface area contributed by atoms with Gasteiger partial charge in [-0.15, -0.1) is 0 Å². The summed E-state index contributed by atoms with van der Waals surface area (Å²) in [4.78, 5) is 8.27. The van der Waals surface area contributed by atoms with Crippen LogP contribution >= 0.6 is 0 Å². The van der Waals surface area contributed by atoms with E-state index in [9.17, 15) is 34.2 Å². The maximum atomic E-state index is 13.9. The van der Waals surface area contributed by atoms with Gasteiger partial charge in [0.15, 0.2) is 0 Å². The van der Waals surface area contributed by atoms with Crippen molar-refractivity contribution in [2.45, 2.75) is 14.7 Å². The van der Waals surface area contributed by atoms with E-state index < -0.39 is 68.7 Å². The Morgan fingerprint density at radius 2 is 1.18 bits per heavy atom. The molecule has 0 saturated heterocycles. The van der Waals surface area contributed by atoms with Gasteiger partial charge >= 0.3 is 6.08 Å². The highest BCUT2D eigenvalue weighted by Gasteiger charge is 2.21. The molecule has 0 spiro atoms. The summed E-state index contributed by atoms with van der Waals surface area (Å²) in [6, 6.07) is 6.63. The monoisotopic (exact) mass is 521 g/mol. The summed E-state index contributed by atoms with van der Waals surface area (Å²) in [6.07, 6.45) is -1.33. The number of hydrogen-bond donors (Lipinski definition) is 5. The third-order valence-corrected chi connectivity index (χ3v) is 6.40. The molecule has 0 atom stereocenters. The van der Waals surface area contributed by atoms with E-state index in [1.807, 2.05) is 0 Å². The SMILES string of the molecule is O=S(=O)(O)c1ccc(Nc2nc(F)nc(Nc3ccc(S(=O)(=O)O)cc3S(=O)(=O)O)n2)cc1. The van der Waals surface area contributed by atoms with Gasteiger partial charge in [-0.25, -0.2) is 0 Å². The van der Waals surface area contributed by atoms with Gasteiger partial charge in [-0.2, -0.15) is 44.6 Å². The highest BCUT2D eigenvalue weighted by molar-refractivity contribution is 7.86. The Morgan fingerprint density at radius 1 is 0.667 bits per heavy atom. The zero-order chi connectivity index (χ0) is 24.6. The molecule has 0 saturated carbocycles. The first-order valence-electron chi connectivity index (χ1n) is 8.25. The summed E-state index contributed by atoms with van der Waals surface area (Å²) < 4.78 is 109. The molecule has 0 aliphatic heterocycles. The average molecular weight is 521 g/mol. The maximum absolute atomic E-state index is 13.9. The molecule has 0 unspecified atom stereocenters. The molecule has 0 amide bonds. The zero-order valence-electron chi connectivity index (χ0n) is 15.8. The fourth-order valence-corrected chi connectivity index (χ4v) is 4.14. The summed E-state index contributed by atoms with van der Waals surface area (Å²) in [7, 11) is -14.2. The number of nitrogens with one attached hydrogen (secondary N) is 2. The molecule has 5 N–H and O–H groups in total. The molecule has 0 fully saturated rings. The van der Waals surface area contributed by atoms with Gasteiger partial charge in [-0.05, 0) is 42.5 Å². The van der Waals surface area contributed by atoms with Gasteiger partial charge in [-0.3, -0.25) is 13.7 Å². The summed E-state index contributed by atoms with van der Waals surface area (Å²) in [6.45, 7) is 0. The van der Waals surface area contributed by atoms with Crippen LogP contribution < -0.4 is 10.6 Å². The molecule has 33 heavy (non-hydrogen) atoms. The molecule has 3 aromatic rings. The average Bonchev–Trinajstić information content (AvgIpc) is 2.66. The Bertz CT molecular complexity index is 1540. The molecule has 0 aliphatic carbocycles. The van der Waals surface area contributed by atoms with Crippen molar-refractivity contribution in [2.24, 2.45) is 0 Å². The van der Waals surface area contributed by atoms with Gasteiger partial charge < -0.3 is 10.6 Å². The van der Waals surface area contributed by atoms with Gasteiger partial charge in [0.1, 0.15) is 4.90 Å². The number of benzene rings is 2. The number of aromatic nitrogens is 3. The predicted octanol–water partition coefficient (Wildman–Crippen LogP) is 1.24. The molecular weight excluding hydrogens is 509 g/mol. The lowest BCUT2D eigenvalue weighted by Gasteiger charge is -2.11. The van der Waals surface area contributed by atoms with Crippen LogP contribution in [0.2, 0.25) is 0 Å². The van der Waals surface area contributed by atoms with Crippen LogP contribution in [0.3, 0.4) is 0 Å². The largest absolute Gasteiger partial charge is 0.324 e. The van der Waals surface area contributed by atoms with E-state index in [0.717, 1.165) is 24.3 Å². The Balaban J connectivity index is 1.95. The van der Waals surface area contributed by atoms with Crippen molar-refractivity contribution in [2.75, 3.05) is 10.6 Å². The minimum Gasteiger partial charge on any atom is -0.324 e. The van der Waals surface area contributed by atoms with Gasteiger partial charge in [-0.1, -0.05) is 0 Å². The first kappa shape index (κ1) is 24.4. The van der Waals surface area contributed by atoms with E-state index >= 15 is 0 Å². The smallest absolute Gasteiger partial charge is 0.315 e. The van der Waals surface area contributed by atoms with Crippen LogP contribution in [-0.4, -0.2) is 53.9 Å². The van der Waals surface area contributed by atoms with Crippen LogP contribution in [-0.2, 0) is 30.4 Å². The normalized spacial score (nSPS) is 12.4. The Labute approximate surface area is 185 Å². The molecule has 0 aliphatic rings. The number of halogens is 1. The fourth-order valence-electron chi connectivity index (χ4n) is 2.40. The number of rotatable bonds is 7. The van der Waals surface area contributed by atoms with Crippen molar-refractivity contribution in [3.63, 3.8) is 0 Å². The highest BCUT2D eigenvalue weighted by Crippen LogP contribution is 2.27. The van der Waals surface area contributed by atoms with E-state index in [1.165, 1.54) is 12.1 Å². The highest BCUT2D eigenvalue weighted by atomic mass is 32.2. The first-order chi connectivity index (χ1) is 15.1. The van der Waals surface area contributed by atoms with Crippen LogP contribution in [0.5, 0.6) is 0 Å². The molecule has 0 bridgehead atoms. The van der Waals surface area contributed by atoms with Gasteiger partial charge in [0.25, 0.3) is 30.4 Å². The van der Waals surface area contributed by atoms with E-state index in [0.29, 0.717) is 6.07 Å². The maximum Gasteiger partial charge on any atom is 0.315 e. The first-order valence-corrected chi connectivity index (χ1v) is 12.6. The predicted molar refractivity (Wildman–Crippen MR) is 109 cm³/mol. The lowest BCUT2D eigenvalue weighted by Crippen LogP contribution is -2.10. The third kappa shape index (κ3) is 6.15. The van der Waals surface area contributed by atoms with Gasteiger partial charge in [0.05, 0.1) is 15.5 Å². The van der Waals surface area contributed by atoms with E-state index in [1.54, 1.807) is 0 Å². The van der Waals surface area contributed by atoms with Crippen LogP contribution in [0.1, 0.15) is 0 Å². The minimum absolute atomic E-state index is 0.176. The number of anilines is 4. The topological polar surface area (TPSA) is 226 Å². The van der Waals surface area contributed by atoms with Gasteiger partial charge in [0, 0.05) is 5.69 Å². The molecule has 176 valence electrons. The van der Waals surface area contributed by atoms with Crippen molar-refractivity contribution < 1.29 is 43.3 Å². The second-order valence-electron chi connectivity index (χ2n) is 6.11. The van der Waals surface area contributed by atoms with Crippen molar-refractivity contribution in [3.8, 4) is 0 Å². The van der Waals surface area contributed by atoms with Gasteiger partial charge in [0.2, 0.25) is 11.9 Å². The van der Waals surface area contributed by atoms with Crippen molar-refractivity contribution in [3.05, 3.63) is 48.5 Å². The second kappa shape index (κ2) is 8.57. The van der Waals surface area contributed by atoms with Crippen molar-refractivity contribution in [1.82, 2.24) is 15.0 Å². The van der Waals surface area contributed by atoms with E-state index in [2.05, 4.69) is 25.6 Å². The van der Waals surface area contributed by atoms with E-state index in [-0.39, 0.29) is 5.69 Å². The number of nitrogens with zero attached hydrogens (tertiary/aromatic N) is 3. The Morgan fingerprint density at radius 3 is 1.70 bits per heavy atom. The van der Waals surface area contributed by atoms with Crippen LogP contribution in [0.15, 0.2) is 57.2 Å². The lowest BCUT2D eigenvalue weighted by molar-refractivity contribution is 0.479. The van der Waals surface area contributed by atoms with Crippen LogP contribution in [0.25, 0.3) is 0 Å². The minimum atomic E-state index is -5.01. The third-order valence-electron chi connectivity index (χ3n) is 3.79. The number of hydrogen-bond acceptors (Lipinski definition) is 11. The standard InChI is InChI=1S/C15H12FN5O9S3/c16-13-19-14(17-8-1-3-9(4-2-8)31(22,23)24)21-15(20-13)18-11-6-5-10(32(25,26)27)7-12(11)33(28,29)30/h1-7H,(H,22,23,24)(H,25,26,27)(H,28,29,30)(H2,17,18,19,20,21). The van der Waals surface area contributed by atoms with E-state index in [4.69, 9.17) is 9.11 Å². The summed E-state index contributed by atoms with van der Waals surface area (Å²) in [5.41, 5.74) is -0.283. The molecule has 1 aromatic heterocycles. The summed E-state index contributed by atoms with van der Waals surface area (Å²) in [5, 5.41) is 4.81. The molecule has 0 radical (unpaired) electrons. The Kier molecular flexibility index (Phi) is 6.33. The van der Waals surface area contributed by atoms with Crippen LogP contribution in [0, 0.1) is 6.08 Å².